The summed E-state index contributed by atoms with van der Waals surface area (Å²) >= 11 is 6.10. The molecule has 200 valence electrons. The number of ether oxygens (including phenoxy) is 2. The Hall–Kier alpha value is -5.21. The van der Waals surface area contributed by atoms with E-state index in [4.69, 9.17) is 21.1 Å². The molecule has 4 aromatic rings. The van der Waals surface area contributed by atoms with Crippen LogP contribution in [0.25, 0.3) is 6.08 Å². The van der Waals surface area contributed by atoms with Crippen LogP contribution in [-0.2, 0) is 4.79 Å². The molecule has 0 atom stereocenters. The molecular formula is C31H24ClN3O5. The molecular weight excluding hydrogens is 530 g/mol. The molecule has 0 aromatic heterocycles. The number of esters is 1. The molecule has 4 rings (SSSR count). The fourth-order valence-electron chi connectivity index (χ4n) is 3.46. The van der Waals surface area contributed by atoms with Gasteiger partial charge in [-0.1, -0.05) is 41.9 Å². The highest BCUT2D eigenvalue weighted by atomic mass is 35.5. The zero-order valence-corrected chi connectivity index (χ0v) is 22.1. The first-order valence-corrected chi connectivity index (χ1v) is 12.4. The summed E-state index contributed by atoms with van der Waals surface area (Å²) in [5, 5.41) is 7.15. The highest BCUT2D eigenvalue weighted by Gasteiger charge is 2.09. The first kappa shape index (κ1) is 27.8. The van der Waals surface area contributed by atoms with E-state index < -0.39 is 11.9 Å². The van der Waals surface area contributed by atoms with Crippen LogP contribution in [0, 0.1) is 0 Å². The van der Waals surface area contributed by atoms with Gasteiger partial charge in [-0.25, -0.2) is 10.2 Å². The van der Waals surface area contributed by atoms with E-state index in [-0.39, 0.29) is 11.7 Å². The fourth-order valence-corrected chi connectivity index (χ4v) is 3.64. The van der Waals surface area contributed by atoms with E-state index in [9.17, 15) is 14.4 Å². The van der Waals surface area contributed by atoms with E-state index >= 15 is 0 Å². The second-order valence-electron chi connectivity index (χ2n) is 8.31. The monoisotopic (exact) mass is 553 g/mol. The number of methoxy groups -OCH3 is 1. The van der Waals surface area contributed by atoms with Gasteiger partial charge in [-0.3, -0.25) is 9.59 Å². The number of carbonyl (C=O) groups excluding carboxylic acids is 3. The first-order chi connectivity index (χ1) is 19.4. The maximum absolute atomic E-state index is 12.5. The second-order valence-corrected chi connectivity index (χ2v) is 8.74. The molecule has 0 saturated heterocycles. The lowest BCUT2D eigenvalue weighted by Crippen LogP contribution is -2.18. The van der Waals surface area contributed by atoms with E-state index in [1.165, 1.54) is 18.4 Å². The van der Waals surface area contributed by atoms with Crippen LogP contribution < -0.4 is 20.2 Å². The molecule has 8 nitrogen and oxygen atoms in total. The van der Waals surface area contributed by atoms with Crippen molar-refractivity contribution in [2.45, 2.75) is 0 Å². The van der Waals surface area contributed by atoms with Crippen molar-refractivity contribution in [2.24, 2.45) is 5.10 Å². The van der Waals surface area contributed by atoms with E-state index in [2.05, 4.69) is 15.8 Å². The Morgan fingerprint density at radius 3 is 2.23 bits per heavy atom. The Balaban J connectivity index is 1.35. The standard InChI is InChI=1S/C31H24ClN3O5/c1-39-27-15-7-21(8-16-27)9-18-29(36)40-28-17-12-25(32)19-24(28)20-33-35-31(38)23-10-13-26(14-11-23)34-30(37)22-5-3-2-4-6-22/h2-20H,1H3,(H,34,37)(H,35,38)/b18-9+,33-20+. The zero-order valence-electron chi connectivity index (χ0n) is 21.3. The Bertz CT molecular complexity index is 1550. The van der Waals surface area contributed by atoms with Crippen LogP contribution in [0.3, 0.4) is 0 Å². The summed E-state index contributed by atoms with van der Waals surface area (Å²) in [6.07, 6.45) is 4.24. The van der Waals surface area contributed by atoms with Gasteiger partial charge >= 0.3 is 5.97 Å². The van der Waals surface area contributed by atoms with Gasteiger partial charge < -0.3 is 14.8 Å². The lowest BCUT2D eigenvalue weighted by molar-refractivity contribution is -0.128. The minimum absolute atomic E-state index is 0.213. The van der Waals surface area contributed by atoms with Gasteiger partial charge in [0.25, 0.3) is 11.8 Å². The third-order valence-corrected chi connectivity index (χ3v) is 5.76. The molecule has 0 heterocycles. The first-order valence-electron chi connectivity index (χ1n) is 12.0. The summed E-state index contributed by atoms with van der Waals surface area (Å²) < 4.78 is 10.6. The van der Waals surface area contributed by atoms with Crippen LogP contribution in [-0.4, -0.2) is 31.1 Å². The number of nitrogens with zero attached hydrogens (tertiary/aromatic N) is 1. The Morgan fingerprint density at radius 1 is 0.825 bits per heavy atom. The van der Waals surface area contributed by atoms with E-state index in [1.807, 2.05) is 6.07 Å². The minimum Gasteiger partial charge on any atom is -0.497 e. The van der Waals surface area contributed by atoms with E-state index in [0.717, 1.165) is 5.56 Å². The molecule has 0 aliphatic heterocycles. The fraction of sp³-hybridized carbons (Fsp3) is 0.0323. The van der Waals surface area contributed by atoms with Crippen molar-refractivity contribution in [3.8, 4) is 11.5 Å². The van der Waals surface area contributed by atoms with Gasteiger partial charge in [-0.2, -0.15) is 5.10 Å². The van der Waals surface area contributed by atoms with Crippen molar-refractivity contribution >= 4 is 47.4 Å². The topological polar surface area (TPSA) is 106 Å². The molecule has 0 aliphatic carbocycles. The number of hydrazone groups is 1. The number of rotatable bonds is 9. The van der Waals surface area contributed by atoms with Crippen LogP contribution in [0.2, 0.25) is 5.02 Å². The van der Waals surface area contributed by atoms with E-state index in [1.54, 1.807) is 98.1 Å². The van der Waals surface area contributed by atoms with Crippen molar-refractivity contribution in [3.05, 3.63) is 130 Å². The van der Waals surface area contributed by atoms with Crippen LogP contribution in [0.5, 0.6) is 11.5 Å². The number of amides is 2. The van der Waals surface area contributed by atoms with Crippen LogP contribution in [0.4, 0.5) is 5.69 Å². The number of halogens is 1. The van der Waals surface area contributed by atoms with Crippen molar-refractivity contribution in [1.82, 2.24) is 5.43 Å². The number of hydrogen-bond donors (Lipinski definition) is 2. The lowest BCUT2D eigenvalue weighted by atomic mass is 10.1. The summed E-state index contributed by atoms with van der Waals surface area (Å²) in [6.45, 7) is 0. The molecule has 0 saturated carbocycles. The predicted molar refractivity (Wildman–Crippen MR) is 155 cm³/mol. The van der Waals surface area contributed by atoms with Crippen molar-refractivity contribution in [1.29, 1.82) is 0 Å². The maximum Gasteiger partial charge on any atom is 0.336 e. The third-order valence-electron chi connectivity index (χ3n) is 5.52. The molecule has 2 N–H and O–H groups in total. The Morgan fingerprint density at radius 2 is 1.52 bits per heavy atom. The van der Waals surface area contributed by atoms with E-state index in [0.29, 0.717) is 33.1 Å². The largest absolute Gasteiger partial charge is 0.497 e. The van der Waals surface area contributed by atoms with Gasteiger partial charge in [-0.15, -0.1) is 0 Å². The third kappa shape index (κ3) is 7.89. The van der Waals surface area contributed by atoms with Gasteiger partial charge in [0.2, 0.25) is 0 Å². The lowest BCUT2D eigenvalue weighted by Gasteiger charge is -2.07. The highest BCUT2D eigenvalue weighted by Crippen LogP contribution is 2.22. The molecule has 0 radical (unpaired) electrons. The molecule has 0 unspecified atom stereocenters. The molecule has 0 bridgehead atoms. The summed E-state index contributed by atoms with van der Waals surface area (Å²) in [5.74, 6) is -0.403. The van der Waals surface area contributed by atoms with Gasteiger partial charge in [0.1, 0.15) is 11.5 Å². The van der Waals surface area contributed by atoms with Gasteiger partial charge in [0, 0.05) is 33.5 Å². The molecule has 4 aromatic carbocycles. The molecule has 9 heteroatoms. The summed E-state index contributed by atoms with van der Waals surface area (Å²) in [5.41, 5.74) is 5.01. The number of nitrogens with one attached hydrogen (secondary N) is 2. The molecule has 0 fully saturated rings. The highest BCUT2D eigenvalue weighted by molar-refractivity contribution is 6.31. The van der Waals surface area contributed by atoms with Crippen molar-refractivity contribution < 1.29 is 23.9 Å². The summed E-state index contributed by atoms with van der Waals surface area (Å²) in [7, 11) is 1.58. The normalized spacial score (nSPS) is 10.8. The predicted octanol–water partition coefficient (Wildman–Crippen LogP) is 5.98. The quantitative estimate of drug-likeness (QED) is 0.0871. The smallest absolute Gasteiger partial charge is 0.336 e. The Kier molecular flexibility index (Phi) is 9.42. The molecule has 0 spiro atoms. The van der Waals surface area contributed by atoms with Crippen LogP contribution >= 0.6 is 11.6 Å². The molecule has 40 heavy (non-hydrogen) atoms. The average molecular weight is 554 g/mol. The second kappa shape index (κ2) is 13.5. The van der Waals surface area contributed by atoms with Crippen LogP contribution in [0.1, 0.15) is 31.8 Å². The molecule has 0 aliphatic rings. The number of benzene rings is 4. The van der Waals surface area contributed by atoms with Crippen LogP contribution in [0.15, 0.2) is 108 Å². The Labute approximate surface area is 235 Å². The number of carbonyl (C=O) groups is 3. The number of hydrogen-bond acceptors (Lipinski definition) is 6. The van der Waals surface area contributed by atoms with Gasteiger partial charge in [0.05, 0.1) is 13.3 Å². The molecule has 2 amide bonds. The van der Waals surface area contributed by atoms with Crippen molar-refractivity contribution in [3.63, 3.8) is 0 Å². The average Bonchev–Trinajstić information content (AvgIpc) is 2.98. The van der Waals surface area contributed by atoms with Gasteiger partial charge in [-0.05, 0) is 78.4 Å². The summed E-state index contributed by atoms with van der Waals surface area (Å²) in [6, 6.07) is 27.0. The minimum atomic E-state index is -0.601. The maximum atomic E-state index is 12.5. The van der Waals surface area contributed by atoms with Crippen molar-refractivity contribution in [2.75, 3.05) is 12.4 Å². The number of anilines is 1. The van der Waals surface area contributed by atoms with Gasteiger partial charge in [0.15, 0.2) is 0 Å². The summed E-state index contributed by atoms with van der Waals surface area (Å²) in [4.78, 5) is 37.2. The SMILES string of the molecule is COc1ccc(/C=C/C(=O)Oc2ccc(Cl)cc2/C=N/NC(=O)c2ccc(NC(=O)c3ccccc3)cc2)cc1. The zero-order chi connectivity index (χ0) is 28.3.